The molecular formula is C13H10N2O3S. The van der Waals surface area contributed by atoms with E-state index in [9.17, 15) is 4.79 Å². The quantitative estimate of drug-likeness (QED) is 0.750. The van der Waals surface area contributed by atoms with Crippen molar-refractivity contribution in [2.24, 2.45) is 0 Å². The standard InChI is InChI=1S/C13H10N2O3S/c1-18-7-2-3-9-6(4-7)5-8-10(14)11(13(16)17)19-12(8)15-9/h2-5H,14H2,1H3,(H,16,17). The van der Waals surface area contributed by atoms with E-state index in [2.05, 4.69) is 4.98 Å². The predicted molar refractivity (Wildman–Crippen MR) is 75.0 cm³/mol. The smallest absolute Gasteiger partial charge is 0.348 e. The van der Waals surface area contributed by atoms with Gasteiger partial charge in [0.15, 0.2) is 0 Å². The van der Waals surface area contributed by atoms with E-state index in [4.69, 9.17) is 15.6 Å². The number of aromatic nitrogens is 1. The van der Waals surface area contributed by atoms with Crippen LogP contribution in [0.3, 0.4) is 0 Å². The Bertz CT molecular complexity index is 810. The molecule has 96 valence electrons. The first-order chi connectivity index (χ1) is 9.10. The average Bonchev–Trinajstić information content (AvgIpc) is 2.73. The lowest BCUT2D eigenvalue weighted by Crippen LogP contribution is -1.97. The van der Waals surface area contributed by atoms with Crippen LogP contribution in [-0.2, 0) is 0 Å². The molecule has 3 N–H and O–H groups in total. The SMILES string of the molecule is COc1ccc2nc3sc(C(=O)O)c(N)c3cc2c1. The molecule has 0 bridgehead atoms. The van der Waals surface area contributed by atoms with Gasteiger partial charge in [-0.2, -0.15) is 0 Å². The monoisotopic (exact) mass is 274 g/mol. The summed E-state index contributed by atoms with van der Waals surface area (Å²) in [4.78, 5) is 16.3. The van der Waals surface area contributed by atoms with Gasteiger partial charge in [-0.15, -0.1) is 11.3 Å². The number of fused-ring (bicyclic) bond motifs is 2. The number of methoxy groups -OCH3 is 1. The lowest BCUT2D eigenvalue weighted by molar-refractivity contribution is 0.0703. The van der Waals surface area contributed by atoms with Crippen LogP contribution in [0.1, 0.15) is 9.67 Å². The fraction of sp³-hybridized carbons (Fsp3) is 0.0769. The number of carboxylic acids is 1. The number of carboxylic acid groups (broad SMARTS) is 1. The Morgan fingerprint density at radius 2 is 2.21 bits per heavy atom. The Hall–Kier alpha value is -2.34. The summed E-state index contributed by atoms with van der Waals surface area (Å²) in [6.07, 6.45) is 0. The number of anilines is 1. The number of hydrogen-bond donors (Lipinski definition) is 2. The fourth-order valence-electron chi connectivity index (χ4n) is 1.97. The summed E-state index contributed by atoms with van der Waals surface area (Å²) in [5.74, 6) is -0.303. The number of aromatic carboxylic acids is 1. The molecule has 0 amide bonds. The highest BCUT2D eigenvalue weighted by atomic mass is 32.1. The number of thiophene rings is 1. The molecule has 1 aromatic carbocycles. The average molecular weight is 274 g/mol. The molecule has 3 aromatic rings. The van der Waals surface area contributed by atoms with E-state index >= 15 is 0 Å². The van der Waals surface area contributed by atoms with Crippen LogP contribution in [0.5, 0.6) is 5.75 Å². The number of benzene rings is 1. The third-order valence-corrected chi connectivity index (χ3v) is 4.02. The van der Waals surface area contributed by atoms with Gasteiger partial charge in [-0.25, -0.2) is 9.78 Å². The Morgan fingerprint density at radius 1 is 1.42 bits per heavy atom. The third-order valence-electron chi connectivity index (χ3n) is 2.91. The van der Waals surface area contributed by atoms with Gasteiger partial charge in [0.1, 0.15) is 15.5 Å². The van der Waals surface area contributed by atoms with Crippen molar-refractivity contribution in [1.29, 1.82) is 0 Å². The summed E-state index contributed by atoms with van der Waals surface area (Å²) in [6.45, 7) is 0. The minimum Gasteiger partial charge on any atom is -0.497 e. The number of nitrogens with two attached hydrogens (primary N) is 1. The summed E-state index contributed by atoms with van der Waals surface area (Å²) in [7, 11) is 1.59. The molecule has 2 aromatic heterocycles. The van der Waals surface area contributed by atoms with Gasteiger partial charge in [0.2, 0.25) is 0 Å². The van der Waals surface area contributed by atoms with Crippen LogP contribution in [0.15, 0.2) is 24.3 Å². The molecule has 3 rings (SSSR count). The van der Waals surface area contributed by atoms with Gasteiger partial charge in [-0.05, 0) is 24.3 Å². The van der Waals surface area contributed by atoms with E-state index in [-0.39, 0.29) is 10.6 Å². The minimum absolute atomic E-state index is 0.129. The third kappa shape index (κ3) is 1.77. The molecule has 0 fully saturated rings. The van der Waals surface area contributed by atoms with Gasteiger partial charge < -0.3 is 15.6 Å². The molecular weight excluding hydrogens is 264 g/mol. The number of carbonyl (C=O) groups is 1. The summed E-state index contributed by atoms with van der Waals surface area (Å²) in [5.41, 5.74) is 6.91. The maximum atomic E-state index is 11.1. The van der Waals surface area contributed by atoms with Crippen molar-refractivity contribution in [2.45, 2.75) is 0 Å². The van der Waals surface area contributed by atoms with Crippen LogP contribution in [0.25, 0.3) is 21.1 Å². The number of nitrogen functional groups attached to an aromatic ring is 1. The van der Waals surface area contributed by atoms with Crippen molar-refractivity contribution in [2.75, 3.05) is 12.8 Å². The van der Waals surface area contributed by atoms with Crippen LogP contribution in [0.4, 0.5) is 5.69 Å². The molecule has 0 unspecified atom stereocenters. The molecule has 0 aliphatic rings. The van der Waals surface area contributed by atoms with E-state index in [1.807, 2.05) is 24.3 Å². The molecule has 0 aliphatic heterocycles. The topological polar surface area (TPSA) is 85.4 Å². The summed E-state index contributed by atoms with van der Waals surface area (Å²) < 4.78 is 5.16. The van der Waals surface area contributed by atoms with Gasteiger partial charge >= 0.3 is 5.97 Å². The number of rotatable bonds is 2. The molecule has 0 aliphatic carbocycles. The largest absolute Gasteiger partial charge is 0.497 e. The second kappa shape index (κ2) is 4.10. The van der Waals surface area contributed by atoms with Crippen molar-refractivity contribution >= 4 is 44.1 Å². The van der Waals surface area contributed by atoms with Crippen molar-refractivity contribution in [1.82, 2.24) is 4.98 Å². The maximum absolute atomic E-state index is 11.1. The van der Waals surface area contributed by atoms with Crippen molar-refractivity contribution in [3.8, 4) is 5.75 Å². The van der Waals surface area contributed by atoms with Gasteiger partial charge in [-0.1, -0.05) is 0 Å². The van der Waals surface area contributed by atoms with E-state index < -0.39 is 5.97 Å². The zero-order chi connectivity index (χ0) is 13.6. The summed E-state index contributed by atoms with van der Waals surface area (Å²) >= 11 is 1.09. The van der Waals surface area contributed by atoms with Crippen molar-refractivity contribution < 1.29 is 14.6 Å². The first-order valence-corrected chi connectivity index (χ1v) is 6.32. The first kappa shape index (κ1) is 11.7. The number of nitrogens with zero attached hydrogens (tertiary/aromatic N) is 1. The Morgan fingerprint density at radius 3 is 2.89 bits per heavy atom. The molecule has 5 nitrogen and oxygen atoms in total. The Kier molecular flexibility index (Phi) is 2.53. The van der Waals surface area contributed by atoms with Crippen molar-refractivity contribution in [3.05, 3.63) is 29.1 Å². The van der Waals surface area contributed by atoms with Crippen LogP contribution in [0.2, 0.25) is 0 Å². The highest BCUT2D eigenvalue weighted by Gasteiger charge is 2.16. The molecule has 19 heavy (non-hydrogen) atoms. The Balaban J connectivity index is 2.35. The highest BCUT2D eigenvalue weighted by Crippen LogP contribution is 2.35. The molecule has 0 atom stereocenters. The number of ether oxygens (including phenoxy) is 1. The normalized spacial score (nSPS) is 11.0. The number of pyridine rings is 1. The van der Waals surface area contributed by atoms with E-state index in [1.165, 1.54) is 0 Å². The fourth-order valence-corrected chi connectivity index (χ4v) is 2.89. The van der Waals surface area contributed by atoms with E-state index in [0.29, 0.717) is 10.2 Å². The van der Waals surface area contributed by atoms with Crippen LogP contribution >= 0.6 is 11.3 Å². The first-order valence-electron chi connectivity index (χ1n) is 5.50. The lowest BCUT2D eigenvalue weighted by Gasteiger charge is -2.02. The molecule has 0 spiro atoms. The van der Waals surface area contributed by atoms with Gasteiger partial charge in [0, 0.05) is 10.8 Å². The summed E-state index contributed by atoms with van der Waals surface area (Å²) in [6, 6.07) is 7.35. The molecule has 6 heteroatoms. The second-order valence-corrected chi connectivity index (χ2v) is 5.05. The summed E-state index contributed by atoms with van der Waals surface area (Å²) in [5, 5.41) is 10.6. The van der Waals surface area contributed by atoms with Crippen molar-refractivity contribution in [3.63, 3.8) is 0 Å². The van der Waals surface area contributed by atoms with Crippen LogP contribution in [0, 0.1) is 0 Å². The molecule has 0 saturated carbocycles. The molecule has 0 radical (unpaired) electrons. The highest BCUT2D eigenvalue weighted by molar-refractivity contribution is 7.21. The lowest BCUT2D eigenvalue weighted by atomic mass is 10.1. The van der Waals surface area contributed by atoms with Crippen LogP contribution < -0.4 is 10.5 Å². The van der Waals surface area contributed by atoms with Gasteiger partial charge in [0.25, 0.3) is 0 Å². The van der Waals surface area contributed by atoms with E-state index in [0.717, 1.165) is 28.0 Å². The minimum atomic E-state index is -1.03. The Labute approximate surface area is 112 Å². The zero-order valence-corrected chi connectivity index (χ0v) is 10.8. The predicted octanol–water partition coefficient (Wildman–Crippen LogP) is 2.74. The molecule has 2 heterocycles. The van der Waals surface area contributed by atoms with Crippen LogP contribution in [-0.4, -0.2) is 23.2 Å². The molecule has 0 saturated heterocycles. The van der Waals surface area contributed by atoms with Gasteiger partial charge in [-0.3, -0.25) is 0 Å². The van der Waals surface area contributed by atoms with Gasteiger partial charge in [0.05, 0.1) is 18.3 Å². The zero-order valence-electron chi connectivity index (χ0n) is 10.0. The number of hydrogen-bond acceptors (Lipinski definition) is 5. The van der Waals surface area contributed by atoms with E-state index in [1.54, 1.807) is 7.11 Å². The second-order valence-electron chi connectivity index (χ2n) is 4.05. The maximum Gasteiger partial charge on any atom is 0.348 e.